The summed E-state index contributed by atoms with van der Waals surface area (Å²) in [6.07, 6.45) is 1.21. The van der Waals surface area contributed by atoms with Gasteiger partial charge in [0.25, 0.3) is 0 Å². The van der Waals surface area contributed by atoms with Crippen molar-refractivity contribution in [1.29, 1.82) is 0 Å². The van der Waals surface area contributed by atoms with Crippen molar-refractivity contribution in [3.63, 3.8) is 0 Å². The molecule has 0 spiro atoms. The third-order valence-corrected chi connectivity index (χ3v) is 5.19. The molecule has 7 heteroatoms. The van der Waals surface area contributed by atoms with Crippen LogP contribution in [0.5, 0.6) is 5.75 Å². The van der Waals surface area contributed by atoms with Crippen molar-refractivity contribution in [2.75, 3.05) is 53.0 Å². The number of morpholine rings is 1. The number of aliphatic imine (C=N–C) groups is 1. The lowest BCUT2D eigenvalue weighted by Gasteiger charge is -2.32. The predicted molar refractivity (Wildman–Crippen MR) is 105 cm³/mol. The molecule has 1 aromatic carbocycles. The second-order valence-electron chi connectivity index (χ2n) is 6.85. The zero-order chi connectivity index (χ0) is 18.4. The van der Waals surface area contributed by atoms with E-state index in [0.29, 0.717) is 17.6 Å². The van der Waals surface area contributed by atoms with E-state index in [1.54, 1.807) is 0 Å². The number of likely N-dealkylation sites (tertiary alicyclic amines) is 1. The van der Waals surface area contributed by atoms with E-state index >= 15 is 0 Å². The molecular formula is C19H29ClN4O2. The van der Waals surface area contributed by atoms with Gasteiger partial charge in [-0.25, -0.2) is 0 Å². The topological polar surface area (TPSA) is 49.3 Å². The molecule has 2 aliphatic rings. The van der Waals surface area contributed by atoms with E-state index in [-0.39, 0.29) is 6.10 Å². The Bertz CT molecular complexity index is 590. The van der Waals surface area contributed by atoms with Crippen LogP contribution in [0.25, 0.3) is 0 Å². The van der Waals surface area contributed by atoms with Crippen LogP contribution in [-0.4, -0.2) is 80.9 Å². The Morgan fingerprint density at radius 3 is 2.73 bits per heavy atom. The lowest BCUT2D eigenvalue weighted by Crippen LogP contribution is -2.47. The number of rotatable bonds is 5. The molecule has 0 radical (unpaired) electrons. The van der Waals surface area contributed by atoms with Crippen molar-refractivity contribution in [3.8, 4) is 5.75 Å². The van der Waals surface area contributed by atoms with Gasteiger partial charge in [0.2, 0.25) is 0 Å². The van der Waals surface area contributed by atoms with Gasteiger partial charge in [-0.1, -0.05) is 11.6 Å². The molecule has 144 valence electrons. The van der Waals surface area contributed by atoms with Gasteiger partial charge in [0.1, 0.15) is 11.9 Å². The molecule has 2 unspecified atom stereocenters. The summed E-state index contributed by atoms with van der Waals surface area (Å²) in [7, 11) is 1.84. The molecule has 2 aliphatic heterocycles. The number of nitrogens with zero attached hydrogens (tertiary/aromatic N) is 3. The van der Waals surface area contributed by atoms with Gasteiger partial charge in [-0.05, 0) is 37.6 Å². The van der Waals surface area contributed by atoms with Crippen LogP contribution < -0.4 is 10.1 Å². The first-order valence-corrected chi connectivity index (χ1v) is 9.73. The molecule has 0 amide bonds. The third kappa shape index (κ3) is 5.25. The average Bonchev–Trinajstić information content (AvgIpc) is 3.15. The maximum atomic E-state index is 5.93. The van der Waals surface area contributed by atoms with Crippen LogP contribution in [0, 0.1) is 0 Å². The highest BCUT2D eigenvalue weighted by molar-refractivity contribution is 6.30. The molecule has 0 aliphatic carbocycles. The normalized spacial score (nSPS) is 23.1. The fraction of sp³-hybridized carbons (Fsp3) is 0.632. The minimum Gasteiger partial charge on any atom is -0.489 e. The van der Waals surface area contributed by atoms with Gasteiger partial charge in [-0.15, -0.1) is 0 Å². The first-order valence-electron chi connectivity index (χ1n) is 9.35. The van der Waals surface area contributed by atoms with E-state index in [1.165, 1.54) is 6.42 Å². The summed E-state index contributed by atoms with van der Waals surface area (Å²) in [6, 6.07) is 8.06. The first-order chi connectivity index (χ1) is 12.7. The Morgan fingerprint density at radius 1 is 1.31 bits per heavy atom. The molecule has 6 nitrogen and oxygen atoms in total. The number of ether oxygens (including phenoxy) is 2. The fourth-order valence-electron chi connectivity index (χ4n) is 3.53. The van der Waals surface area contributed by atoms with E-state index in [4.69, 9.17) is 21.1 Å². The Morgan fingerprint density at radius 2 is 2.04 bits per heavy atom. The summed E-state index contributed by atoms with van der Waals surface area (Å²) in [5.74, 6) is 1.78. The van der Waals surface area contributed by atoms with Crippen LogP contribution in [-0.2, 0) is 4.74 Å². The molecule has 1 aromatic rings. The molecule has 2 saturated heterocycles. The molecule has 2 heterocycles. The largest absolute Gasteiger partial charge is 0.489 e. The molecule has 0 aromatic heterocycles. The number of halogens is 1. The number of guanidine groups is 1. The van der Waals surface area contributed by atoms with Gasteiger partial charge in [0.05, 0.1) is 19.8 Å². The molecular weight excluding hydrogens is 352 g/mol. The monoisotopic (exact) mass is 380 g/mol. The van der Waals surface area contributed by atoms with E-state index in [9.17, 15) is 0 Å². The van der Waals surface area contributed by atoms with Gasteiger partial charge < -0.3 is 19.7 Å². The number of hydrogen-bond acceptors (Lipinski definition) is 4. The first kappa shape index (κ1) is 19.3. The molecule has 2 fully saturated rings. The van der Waals surface area contributed by atoms with Gasteiger partial charge in [0, 0.05) is 44.3 Å². The van der Waals surface area contributed by atoms with E-state index in [1.807, 2.05) is 31.3 Å². The van der Waals surface area contributed by atoms with Crippen LogP contribution in [0.3, 0.4) is 0 Å². The van der Waals surface area contributed by atoms with E-state index in [0.717, 1.165) is 51.1 Å². The summed E-state index contributed by atoms with van der Waals surface area (Å²) in [6.45, 7) is 8.59. The van der Waals surface area contributed by atoms with Crippen LogP contribution in [0.1, 0.15) is 13.3 Å². The maximum Gasteiger partial charge on any atom is 0.193 e. The number of hydrogen-bond donors (Lipinski definition) is 1. The maximum absolute atomic E-state index is 5.93. The highest BCUT2D eigenvalue weighted by Crippen LogP contribution is 2.18. The Balaban J connectivity index is 1.45. The fourth-order valence-corrected chi connectivity index (χ4v) is 3.66. The summed E-state index contributed by atoms with van der Waals surface area (Å²) in [5, 5.41) is 4.16. The standard InChI is InChI=1S/C19H29ClN4O2/c1-15(26-18-5-3-16(20)4-6-18)13-22-19(21-2)24-8-7-17(14-24)23-9-11-25-12-10-23/h3-6,15,17H,7-14H2,1-2H3,(H,21,22). The van der Waals surface area contributed by atoms with E-state index in [2.05, 4.69) is 27.0 Å². The quantitative estimate of drug-likeness (QED) is 0.626. The molecule has 1 N–H and O–H groups in total. The van der Waals surface area contributed by atoms with Crippen LogP contribution in [0.4, 0.5) is 0 Å². The predicted octanol–water partition coefficient (Wildman–Crippen LogP) is 2.09. The van der Waals surface area contributed by atoms with Crippen molar-refractivity contribution < 1.29 is 9.47 Å². The smallest absolute Gasteiger partial charge is 0.193 e. The lowest BCUT2D eigenvalue weighted by molar-refractivity contribution is 0.0194. The number of nitrogens with one attached hydrogen (secondary N) is 1. The number of benzene rings is 1. The van der Waals surface area contributed by atoms with Crippen molar-refractivity contribution in [1.82, 2.24) is 15.1 Å². The molecule has 2 atom stereocenters. The third-order valence-electron chi connectivity index (χ3n) is 4.94. The summed E-state index contributed by atoms with van der Waals surface area (Å²) < 4.78 is 11.4. The second-order valence-corrected chi connectivity index (χ2v) is 7.28. The minimum atomic E-state index is 0.0329. The van der Waals surface area contributed by atoms with E-state index < -0.39 is 0 Å². The second kappa shape index (κ2) is 9.44. The van der Waals surface area contributed by atoms with Gasteiger partial charge in [0.15, 0.2) is 5.96 Å². The highest BCUT2D eigenvalue weighted by Gasteiger charge is 2.30. The Labute approximate surface area is 161 Å². The minimum absolute atomic E-state index is 0.0329. The van der Waals surface area contributed by atoms with Crippen LogP contribution in [0.2, 0.25) is 5.02 Å². The highest BCUT2D eigenvalue weighted by atomic mass is 35.5. The molecule has 0 saturated carbocycles. The summed E-state index contributed by atoms with van der Waals surface area (Å²) >= 11 is 5.91. The van der Waals surface area contributed by atoms with Crippen LogP contribution >= 0.6 is 11.6 Å². The zero-order valence-electron chi connectivity index (χ0n) is 15.7. The van der Waals surface area contributed by atoms with Gasteiger partial charge >= 0.3 is 0 Å². The van der Waals surface area contributed by atoms with Gasteiger partial charge in [-0.3, -0.25) is 9.89 Å². The molecule has 0 bridgehead atoms. The van der Waals surface area contributed by atoms with Crippen molar-refractivity contribution in [2.24, 2.45) is 4.99 Å². The molecule has 3 rings (SSSR count). The lowest BCUT2D eigenvalue weighted by atomic mass is 10.2. The van der Waals surface area contributed by atoms with Gasteiger partial charge in [-0.2, -0.15) is 0 Å². The van der Waals surface area contributed by atoms with Crippen LogP contribution in [0.15, 0.2) is 29.3 Å². The van der Waals surface area contributed by atoms with Crippen molar-refractivity contribution in [2.45, 2.75) is 25.5 Å². The average molecular weight is 381 g/mol. The Hall–Kier alpha value is -1.50. The molecule has 26 heavy (non-hydrogen) atoms. The van der Waals surface area contributed by atoms with Crippen molar-refractivity contribution in [3.05, 3.63) is 29.3 Å². The summed E-state index contributed by atoms with van der Waals surface area (Å²) in [4.78, 5) is 9.34. The summed E-state index contributed by atoms with van der Waals surface area (Å²) in [5.41, 5.74) is 0. The Kier molecular flexibility index (Phi) is 7.00. The SMILES string of the molecule is CN=C(NCC(C)Oc1ccc(Cl)cc1)N1CCC(N2CCOCC2)C1. The zero-order valence-corrected chi connectivity index (χ0v) is 16.4. The van der Waals surface area contributed by atoms with Crippen molar-refractivity contribution >= 4 is 17.6 Å².